The van der Waals surface area contributed by atoms with E-state index in [2.05, 4.69) is 29.2 Å². The SMILES string of the molecule is CN1C(=O)[C@@H]2[C@@H](CN(Cc3ccccc3)[C@H]2CCc2ccccc2)C1=O. The summed E-state index contributed by atoms with van der Waals surface area (Å²) in [6.07, 6.45) is 1.82. The third-order valence-electron chi connectivity index (χ3n) is 5.81. The number of likely N-dealkylation sites (tertiary alicyclic amines) is 2. The molecule has 3 atom stereocenters. The van der Waals surface area contributed by atoms with Gasteiger partial charge >= 0.3 is 0 Å². The number of nitrogens with zero attached hydrogens (tertiary/aromatic N) is 2. The van der Waals surface area contributed by atoms with Crippen LogP contribution >= 0.6 is 0 Å². The molecule has 4 heteroatoms. The highest BCUT2D eigenvalue weighted by Gasteiger charge is 2.55. The fraction of sp³-hybridized carbons (Fsp3) is 0.364. The summed E-state index contributed by atoms with van der Waals surface area (Å²) in [5.41, 5.74) is 2.51. The van der Waals surface area contributed by atoms with Gasteiger partial charge in [-0.25, -0.2) is 0 Å². The first kappa shape index (κ1) is 17.0. The Bertz CT molecular complexity index is 790. The Morgan fingerprint density at radius 3 is 2.15 bits per heavy atom. The van der Waals surface area contributed by atoms with Crippen molar-refractivity contribution in [2.75, 3.05) is 13.6 Å². The molecule has 134 valence electrons. The van der Waals surface area contributed by atoms with Crippen molar-refractivity contribution in [2.45, 2.75) is 25.4 Å². The maximum absolute atomic E-state index is 12.7. The van der Waals surface area contributed by atoms with Crippen molar-refractivity contribution in [1.82, 2.24) is 9.80 Å². The van der Waals surface area contributed by atoms with Crippen LogP contribution in [-0.4, -0.2) is 41.2 Å². The number of aryl methyl sites for hydroxylation is 1. The van der Waals surface area contributed by atoms with Crippen molar-refractivity contribution in [2.24, 2.45) is 11.8 Å². The van der Waals surface area contributed by atoms with E-state index in [1.165, 1.54) is 16.0 Å². The van der Waals surface area contributed by atoms with Crippen molar-refractivity contribution in [3.05, 3.63) is 71.8 Å². The highest BCUT2D eigenvalue weighted by Crippen LogP contribution is 2.40. The number of amides is 2. The van der Waals surface area contributed by atoms with Crippen LogP contribution in [0.1, 0.15) is 17.5 Å². The van der Waals surface area contributed by atoms with Crippen LogP contribution in [0.5, 0.6) is 0 Å². The number of carbonyl (C=O) groups is 2. The zero-order chi connectivity index (χ0) is 18.1. The van der Waals surface area contributed by atoms with E-state index < -0.39 is 0 Å². The van der Waals surface area contributed by atoms with Crippen LogP contribution < -0.4 is 0 Å². The van der Waals surface area contributed by atoms with E-state index in [1.54, 1.807) is 7.05 Å². The molecule has 0 unspecified atom stereocenters. The van der Waals surface area contributed by atoms with Gasteiger partial charge in [0.1, 0.15) is 0 Å². The maximum atomic E-state index is 12.7. The van der Waals surface area contributed by atoms with Gasteiger partial charge in [-0.3, -0.25) is 19.4 Å². The Balaban J connectivity index is 1.56. The number of carbonyl (C=O) groups excluding carboxylic acids is 2. The summed E-state index contributed by atoms with van der Waals surface area (Å²) >= 11 is 0. The molecule has 0 radical (unpaired) electrons. The van der Waals surface area contributed by atoms with Crippen LogP contribution in [0.25, 0.3) is 0 Å². The number of imide groups is 1. The largest absolute Gasteiger partial charge is 0.294 e. The van der Waals surface area contributed by atoms with E-state index in [0.717, 1.165) is 19.4 Å². The second-order valence-corrected chi connectivity index (χ2v) is 7.37. The number of hydrogen-bond donors (Lipinski definition) is 0. The molecule has 0 bridgehead atoms. The number of rotatable bonds is 5. The maximum Gasteiger partial charge on any atom is 0.234 e. The van der Waals surface area contributed by atoms with E-state index in [-0.39, 0.29) is 29.7 Å². The monoisotopic (exact) mass is 348 g/mol. The van der Waals surface area contributed by atoms with Crippen LogP contribution in [0, 0.1) is 11.8 Å². The van der Waals surface area contributed by atoms with E-state index in [1.807, 2.05) is 36.4 Å². The Morgan fingerprint density at radius 1 is 0.885 bits per heavy atom. The molecule has 0 spiro atoms. The molecule has 2 aliphatic heterocycles. The minimum absolute atomic E-state index is 0.00590. The molecule has 2 fully saturated rings. The third-order valence-corrected chi connectivity index (χ3v) is 5.81. The smallest absolute Gasteiger partial charge is 0.234 e. The van der Waals surface area contributed by atoms with E-state index >= 15 is 0 Å². The third kappa shape index (κ3) is 3.06. The predicted molar refractivity (Wildman–Crippen MR) is 100 cm³/mol. The first-order chi connectivity index (χ1) is 12.6. The molecular weight excluding hydrogens is 324 g/mol. The molecule has 0 aromatic heterocycles. The summed E-state index contributed by atoms with van der Waals surface area (Å²) in [7, 11) is 1.62. The quantitative estimate of drug-likeness (QED) is 0.780. The van der Waals surface area contributed by atoms with E-state index in [0.29, 0.717) is 6.54 Å². The van der Waals surface area contributed by atoms with Gasteiger partial charge in [0.15, 0.2) is 0 Å². The molecule has 2 saturated heterocycles. The summed E-state index contributed by atoms with van der Waals surface area (Å²) in [6.45, 7) is 1.46. The lowest BCUT2D eigenvalue weighted by atomic mass is 9.89. The minimum atomic E-state index is -0.195. The van der Waals surface area contributed by atoms with Crippen molar-refractivity contribution >= 4 is 11.8 Å². The van der Waals surface area contributed by atoms with Gasteiger partial charge < -0.3 is 0 Å². The van der Waals surface area contributed by atoms with Gasteiger partial charge in [-0.15, -0.1) is 0 Å². The van der Waals surface area contributed by atoms with E-state index in [4.69, 9.17) is 0 Å². The first-order valence-electron chi connectivity index (χ1n) is 9.28. The molecule has 2 heterocycles. The van der Waals surface area contributed by atoms with Gasteiger partial charge in [-0.2, -0.15) is 0 Å². The lowest BCUT2D eigenvalue weighted by molar-refractivity contribution is -0.139. The van der Waals surface area contributed by atoms with Gasteiger partial charge in [-0.05, 0) is 24.0 Å². The highest BCUT2D eigenvalue weighted by atomic mass is 16.2. The summed E-state index contributed by atoms with van der Waals surface area (Å²) in [6, 6.07) is 20.8. The first-order valence-corrected chi connectivity index (χ1v) is 9.28. The van der Waals surface area contributed by atoms with Gasteiger partial charge in [0.25, 0.3) is 0 Å². The number of hydrogen-bond acceptors (Lipinski definition) is 3. The van der Waals surface area contributed by atoms with Gasteiger partial charge in [0, 0.05) is 26.2 Å². The molecule has 2 aliphatic rings. The molecule has 0 aliphatic carbocycles. The lowest BCUT2D eigenvalue weighted by Gasteiger charge is -2.28. The molecule has 0 N–H and O–H groups in total. The molecule has 2 aromatic rings. The van der Waals surface area contributed by atoms with Crippen LogP contribution in [-0.2, 0) is 22.6 Å². The molecule has 2 aromatic carbocycles. The molecule has 4 rings (SSSR count). The Morgan fingerprint density at radius 2 is 1.50 bits per heavy atom. The molecule has 26 heavy (non-hydrogen) atoms. The zero-order valence-electron chi connectivity index (χ0n) is 15.0. The summed E-state index contributed by atoms with van der Waals surface area (Å²) < 4.78 is 0. The highest BCUT2D eigenvalue weighted by molar-refractivity contribution is 6.05. The predicted octanol–water partition coefficient (Wildman–Crippen LogP) is 2.73. The Labute approximate surface area is 154 Å². The number of benzene rings is 2. The zero-order valence-corrected chi connectivity index (χ0v) is 15.0. The van der Waals surface area contributed by atoms with E-state index in [9.17, 15) is 9.59 Å². The molecule has 0 saturated carbocycles. The Kier molecular flexibility index (Phi) is 4.60. The van der Waals surface area contributed by atoms with Gasteiger partial charge in [0.05, 0.1) is 11.8 Å². The van der Waals surface area contributed by atoms with Crippen LogP contribution in [0.2, 0.25) is 0 Å². The van der Waals surface area contributed by atoms with Gasteiger partial charge in [0.2, 0.25) is 11.8 Å². The molecule has 2 amide bonds. The van der Waals surface area contributed by atoms with Crippen molar-refractivity contribution in [3.8, 4) is 0 Å². The minimum Gasteiger partial charge on any atom is -0.294 e. The van der Waals surface area contributed by atoms with Crippen molar-refractivity contribution < 1.29 is 9.59 Å². The van der Waals surface area contributed by atoms with Crippen LogP contribution in [0.15, 0.2) is 60.7 Å². The lowest BCUT2D eigenvalue weighted by Crippen LogP contribution is -2.39. The van der Waals surface area contributed by atoms with Crippen LogP contribution in [0.4, 0.5) is 0 Å². The second kappa shape index (κ2) is 7.04. The van der Waals surface area contributed by atoms with Crippen molar-refractivity contribution in [3.63, 3.8) is 0 Å². The van der Waals surface area contributed by atoms with Gasteiger partial charge in [-0.1, -0.05) is 60.7 Å². The summed E-state index contributed by atoms with van der Waals surface area (Å²) in [5.74, 6) is -0.397. The standard InChI is InChI=1S/C22H24N2O2/c1-23-21(25)18-15-24(14-17-10-6-3-7-11-17)19(20(18)22(23)26)13-12-16-8-4-2-5-9-16/h2-11,18-20H,12-15H2,1H3/t18-,19+,20-/m1/s1. The fourth-order valence-corrected chi connectivity index (χ4v) is 4.47. The fourth-order valence-electron chi connectivity index (χ4n) is 4.47. The molecular formula is C22H24N2O2. The summed E-state index contributed by atoms with van der Waals surface area (Å²) in [5, 5.41) is 0. The van der Waals surface area contributed by atoms with Crippen molar-refractivity contribution in [1.29, 1.82) is 0 Å². The normalized spacial score (nSPS) is 25.7. The topological polar surface area (TPSA) is 40.6 Å². The average molecular weight is 348 g/mol. The summed E-state index contributed by atoms with van der Waals surface area (Å²) in [4.78, 5) is 28.9. The van der Waals surface area contributed by atoms with Crippen LogP contribution in [0.3, 0.4) is 0 Å². The number of fused-ring (bicyclic) bond motifs is 1. The molecule has 4 nitrogen and oxygen atoms in total. The second-order valence-electron chi connectivity index (χ2n) is 7.37. The average Bonchev–Trinajstić information content (AvgIpc) is 3.13. The Hall–Kier alpha value is -2.46.